The monoisotopic (exact) mass is 282 g/mol. The van der Waals surface area contributed by atoms with Gasteiger partial charge in [0.25, 0.3) is 0 Å². The highest BCUT2D eigenvalue weighted by molar-refractivity contribution is 5.55. The summed E-state index contributed by atoms with van der Waals surface area (Å²) in [6, 6.07) is 7.50. The Hall–Kier alpha value is -2.96. The van der Waals surface area contributed by atoms with E-state index in [9.17, 15) is 0 Å². The van der Waals surface area contributed by atoms with E-state index in [0.29, 0.717) is 18.2 Å². The van der Waals surface area contributed by atoms with Gasteiger partial charge in [-0.2, -0.15) is 0 Å². The van der Waals surface area contributed by atoms with Crippen LogP contribution in [0.15, 0.2) is 47.5 Å². The Morgan fingerprint density at radius 1 is 1.14 bits per heavy atom. The average Bonchev–Trinajstić information content (AvgIpc) is 2.92. The van der Waals surface area contributed by atoms with Crippen molar-refractivity contribution in [3.05, 3.63) is 54.3 Å². The molecular formula is C14H14N6O. The minimum atomic E-state index is 0.615. The summed E-state index contributed by atoms with van der Waals surface area (Å²) >= 11 is 0. The zero-order valence-corrected chi connectivity index (χ0v) is 11.4. The second-order valence-electron chi connectivity index (χ2n) is 4.45. The number of aromatic nitrogens is 4. The normalized spacial score (nSPS) is 10.3. The summed E-state index contributed by atoms with van der Waals surface area (Å²) in [6.45, 7) is 2.48. The predicted molar refractivity (Wildman–Crippen MR) is 78.1 cm³/mol. The number of nitrogens with one attached hydrogen (secondary N) is 2. The summed E-state index contributed by atoms with van der Waals surface area (Å²) in [5.41, 5.74) is 1.08. The number of aryl methyl sites for hydroxylation is 1. The third kappa shape index (κ3) is 3.53. The topological polar surface area (TPSA) is 88.8 Å². The van der Waals surface area contributed by atoms with Gasteiger partial charge in [-0.3, -0.25) is 4.98 Å². The van der Waals surface area contributed by atoms with E-state index >= 15 is 0 Å². The first-order chi connectivity index (χ1) is 10.3. The van der Waals surface area contributed by atoms with Crippen molar-refractivity contribution in [1.29, 1.82) is 0 Å². The number of rotatable bonds is 5. The second-order valence-corrected chi connectivity index (χ2v) is 4.45. The molecule has 106 valence electrons. The van der Waals surface area contributed by atoms with Crippen LogP contribution in [0, 0.1) is 6.92 Å². The van der Waals surface area contributed by atoms with Gasteiger partial charge in [-0.25, -0.2) is 9.97 Å². The molecule has 0 atom stereocenters. The van der Waals surface area contributed by atoms with E-state index < -0.39 is 0 Å². The number of anilines is 3. The molecule has 7 heteroatoms. The summed E-state index contributed by atoms with van der Waals surface area (Å²) in [7, 11) is 0. The average molecular weight is 282 g/mol. The quantitative estimate of drug-likeness (QED) is 0.743. The Kier molecular flexibility index (Phi) is 3.72. The van der Waals surface area contributed by atoms with Gasteiger partial charge in [-0.1, -0.05) is 11.2 Å². The van der Waals surface area contributed by atoms with Gasteiger partial charge in [-0.15, -0.1) is 0 Å². The van der Waals surface area contributed by atoms with E-state index in [0.717, 1.165) is 17.1 Å². The standard InChI is InChI=1S/C14H14N6O/c1-10-5-14(20-21-10)19-13-6-12(17-9-18-13)16-8-11-3-2-4-15-7-11/h2-7,9H,8H2,1H3,(H2,16,17,18,19,20). The van der Waals surface area contributed by atoms with Crippen LogP contribution in [0.3, 0.4) is 0 Å². The van der Waals surface area contributed by atoms with Crippen LogP contribution in [0.25, 0.3) is 0 Å². The second kappa shape index (κ2) is 6.00. The number of hydrogen-bond donors (Lipinski definition) is 2. The maximum absolute atomic E-state index is 4.99. The lowest BCUT2D eigenvalue weighted by atomic mass is 10.3. The van der Waals surface area contributed by atoms with Crippen molar-refractivity contribution in [2.45, 2.75) is 13.5 Å². The molecule has 0 radical (unpaired) electrons. The Morgan fingerprint density at radius 3 is 2.81 bits per heavy atom. The first kappa shape index (κ1) is 13.0. The van der Waals surface area contributed by atoms with E-state index in [2.05, 4.69) is 30.7 Å². The van der Waals surface area contributed by atoms with Crippen LogP contribution in [0.5, 0.6) is 0 Å². The maximum Gasteiger partial charge on any atom is 0.175 e. The van der Waals surface area contributed by atoms with Crippen LogP contribution in [-0.2, 0) is 6.54 Å². The largest absolute Gasteiger partial charge is 0.366 e. The van der Waals surface area contributed by atoms with Gasteiger partial charge in [0.05, 0.1) is 0 Å². The fraction of sp³-hybridized carbons (Fsp3) is 0.143. The van der Waals surface area contributed by atoms with Gasteiger partial charge >= 0.3 is 0 Å². The molecule has 2 N–H and O–H groups in total. The van der Waals surface area contributed by atoms with Crippen molar-refractivity contribution >= 4 is 17.5 Å². The molecule has 0 spiro atoms. The zero-order valence-electron chi connectivity index (χ0n) is 11.4. The maximum atomic E-state index is 4.99. The third-order valence-electron chi connectivity index (χ3n) is 2.75. The lowest BCUT2D eigenvalue weighted by molar-refractivity contribution is 0.400. The predicted octanol–water partition coefficient (Wildman–Crippen LogP) is 2.52. The highest BCUT2D eigenvalue weighted by Gasteiger charge is 2.03. The van der Waals surface area contributed by atoms with E-state index in [1.54, 1.807) is 18.3 Å². The Morgan fingerprint density at radius 2 is 2.05 bits per heavy atom. The van der Waals surface area contributed by atoms with Gasteiger partial charge in [0.2, 0.25) is 0 Å². The smallest absolute Gasteiger partial charge is 0.175 e. The zero-order chi connectivity index (χ0) is 14.5. The van der Waals surface area contributed by atoms with Crippen LogP contribution in [0.1, 0.15) is 11.3 Å². The molecule has 0 aliphatic carbocycles. The van der Waals surface area contributed by atoms with E-state index in [1.165, 1.54) is 6.33 Å². The van der Waals surface area contributed by atoms with E-state index in [4.69, 9.17) is 4.52 Å². The molecule has 0 aliphatic heterocycles. The molecule has 3 aromatic heterocycles. The van der Waals surface area contributed by atoms with Crippen molar-refractivity contribution in [3.8, 4) is 0 Å². The minimum absolute atomic E-state index is 0.615. The molecule has 0 aliphatic rings. The molecule has 3 rings (SSSR count). The van der Waals surface area contributed by atoms with Crippen LogP contribution in [0.4, 0.5) is 17.5 Å². The molecular weight excluding hydrogens is 268 g/mol. The van der Waals surface area contributed by atoms with Crippen LogP contribution >= 0.6 is 0 Å². The fourth-order valence-corrected chi connectivity index (χ4v) is 1.77. The molecule has 3 aromatic rings. The first-order valence-electron chi connectivity index (χ1n) is 6.45. The summed E-state index contributed by atoms with van der Waals surface area (Å²) in [5.74, 6) is 2.72. The Labute approximate surface area is 121 Å². The highest BCUT2D eigenvalue weighted by Crippen LogP contribution is 2.16. The Balaban J connectivity index is 1.65. The van der Waals surface area contributed by atoms with Crippen LogP contribution in [-0.4, -0.2) is 20.1 Å². The van der Waals surface area contributed by atoms with Crippen LogP contribution < -0.4 is 10.6 Å². The van der Waals surface area contributed by atoms with Crippen molar-refractivity contribution in [2.24, 2.45) is 0 Å². The van der Waals surface area contributed by atoms with Crippen molar-refractivity contribution < 1.29 is 4.52 Å². The van der Waals surface area contributed by atoms with Gasteiger partial charge in [-0.05, 0) is 18.6 Å². The number of hydrogen-bond acceptors (Lipinski definition) is 7. The van der Waals surface area contributed by atoms with Crippen LogP contribution in [0.2, 0.25) is 0 Å². The SMILES string of the molecule is Cc1cc(Nc2cc(NCc3cccnc3)ncn2)no1. The molecule has 0 fully saturated rings. The fourth-order valence-electron chi connectivity index (χ4n) is 1.77. The minimum Gasteiger partial charge on any atom is -0.366 e. The molecule has 0 saturated carbocycles. The third-order valence-corrected chi connectivity index (χ3v) is 2.75. The summed E-state index contributed by atoms with van der Waals surface area (Å²) in [6.07, 6.45) is 5.04. The molecule has 0 saturated heterocycles. The molecule has 0 amide bonds. The van der Waals surface area contributed by atoms with Gasteiger partial charge < -0.3 is 15.2 Å². The van der Waals surface area contributed by atoms with Gasteiger partial charge in [0.1, 0.15) is 23.7 Å². The summed E-state index contributed by atoms with van der Waals surface area (Å²) in [5, 5.41) is 10.1. The summed E-state index contributed by atoms with van der Waals surface area (Å²) < 4.78 is 4.99. The van der Waals surface area contributed by atoms with Gasteiger partial charge in [0, 0.05) is 31.1 Å². The van der Waals surface area contributed by atoms with Crippen molar-refractivity contribution in [3.63, 3.8) is 0 Å². The van der Waals surface area contributed by atoms with Crippen molar-refractivity contribution in [2.75, 3.05) is 10.6 Å². The highest BCUT2D eigenvalue weighted by atomic mass is 16.5. The van der Waals surface area contributed by atoms with E-state index in [1.807, 2.05) is 25.3 Å². The molecule has 0 aromatic carbocycles. The van der Waals surface area contributed by atoms with E-state index in [-0.39, 0.29) is 0 Å². The first-order valence-corrected chi connectivity index (χ1v) is 6.45. The molecule has 7 nitrogen and oxygen atoms in total. The number of pyridine rings is 1. The summed E-state index contributed by atoms with van der Waals surface area (Å²) in [4.78, 5) is 12.4. The molecule has 0 unspecified atom stereocenters. The lowest BCUT2D eigenvalue weighted by Gasteiger charge is -2.07. The molecule has 21 heavy (non-hydrogen) atoms. The van der Waals surface area contributed by atoms with Gasteiger partial charge in [0.15, 0.2) is 5.82 Å². The lowest BCUT2D eigenvalue weighted by Crippen LogP contribution is -2.03. The molecule has 0 bridgehead atoms. The van der Waals surface area contributed by atoms with Crippen molar-refractivity contribution in [1.82, 2.24) is 20.1 Å². The number of nitrogens with zero attached hydrogens (tertiary/aromatic N) is 4. The Bertz CT molecular complexity index is 712. The molecule has 3 heterocycles.